The number of likely N-dealkylation sites (tertiary alicyclic amines) is 1. The van der Waals surface area contributed by atoms with Crippen LogP contribution < -0.4 is 15.8 Å². The Morgan fingerprint density at radius 2 is 2.24 bits per heavy atom. The second kappa shape index (κ2) is 6.25. The van der Waals surface area contributed by atoms with Gasteiger partial charge in [0.2, 0.25) is 11.8 Å². The van der Waals surface area contributed by atoms with Crippen molar-refractivity contribution < 1.29 is 19.1 Å². The predicted molar refractivity (Wildman–Crippen MR) is 75.3 cm³/mol. The Morgan fingerprint density at radius 1 is 1.48 bits per heavy atom. The Bertz CT molecular complexity index is 573. The molecule has 3 amide bonds. The van der Waals surface area contributed by atoms with E-state index in [4.69, 9.17) is 10.5 Å². The number of ether oxygens (including phenoxy) is 1. The van der Waals surface area contributed by atoms with Gasteiger partial charge in [0.1, 0.15) is 11.8 Å². The van der Waals surface area contributed by atoms with E-state index in [2.05, 4.69) is 5.32 Å². The van der Waals surface area contributed by atoms with Crippen LogP contribution in [0.1, 0.15) is 12.8 Å². The minimum atomic E-state index is -0.762. The van der Waals surface area contributed by atoms with E-state index in [0.717, 1.165) is 4.90 Å². The summed E-state index contributed by atoms with van der Waals surface area (Å²) in [6.07, 6.45) is 0.105. The summed E-state index contributed by atoms with van der Waals surface area (Å²) in [6, 6.07) is 6.12. The first-order valence-electron chi connectivity index (χ1n) is 6.55. The fourth-order valence-corrected chi connectivity index (χ4v) is 2.00. The van der Waals surface area contributed by atoms with Crippen LogP contribution in [0, 0.1) is 0 Å². The standard InChI is InChI=1S/C14H17N3O4/c1-17-13(19)8-11(14(17)20)16-12(18)5-6-21-10-4-2-3-9(15)7-10/h2-4,7,11H,5-6,8,15H2,1H3,(H,16,18). The van der Waals surface area contributed by atoms with Crippen LogP contribution in [-0.2, 0) is 14.4 Å². The summed E-state index contributed by atoms with van der Waals surface area (Å²) in [4.78, 5) is 35.7. The molecule has 2 rings (SSSR count). The molecule has 0 aliphatic carbocycles. The molecule has 7 heteroatoms. The van der Waals surface area contributed by atoms with Gasteiger partial charge in [-0.1, -0.05) is 6.07 Å². The van der Waals surface area contributed by atoms with Crippen LogP contribution in [0.25, 0.3) is 0 Å². The van der Waals surface area contributed by atoms with Gasteiger partial charge in [0.15, 0.2) is 0 Å². The molecule has 112 valence electrons. The lowest BCUT2D eigenvalue weighted by atomic mass is 10.2. The molecule has 1 aliphatic rings. The highest BCUT2D eigenvalue weighted by molar-refractivity contribution is 6.06. The van der Waals surface area contributed by atoms with Crippen molar-refractivity contribution in [2.75, 3.05) is 19.4 Å². The third-order valence-corrected chi connectivity index (χ3v) is 3.17. The molecule has 1 aromatic carbocycles. The molecule has 0 spiro atoms. The van der Waals surface area contributed by atoms with Gasteiger partial charge in [-0.2, -0.15) is 0 Å². The van der Waals surface area contributed by atoms with Crippen molar-refractivity contribution in [3.63, 3.8) is 0 Å². The van der Waals surface area contributed by atoms with Crippen LogP contribution in [0.5, 0.6) is 5.75 Å². The van der Waals surface area contributed by atoms with Crippen molar-refractivity contribution in [2.24, 2.45) is 0 Å². The monoisotopic (exact) mass is 291 g/mol. The number of hydrogen-bond acceptors (Lipinski definition) is 5. The van der Waals surface area contributed by atoms with Crippen molar-refractivity contribution in [1.29, 1.82) is 0 Å². The van der Waals surface area contributed by atoms with Gasteiger partial charge in [-0.05, 0) is 12.1 Å². The molecule has 7 nitrogen and oxygen atoms in total. The van der Waals surface area contributed by atoms with Crippen LogP contribution in [0.2, 0.25) is 0 Å². The molecule has 0 saturated carbocycles. The summed E-state index contributed by atoms with van der Waals surface area (Å²) in [5.41, 5.74) is 6.19. The lowest BCUT2D eigenvalue weighted by Crippen LogP contribution is -2.41. The van der Waals surface area contributed by atoms with Gasteiger partial charge in [0, 0.05) is 18.8 Å². The molecule has 1 aromatic rings. The molecule has 0 radical (unpaired) electrons. The molecule has 1 atom stereocenters. The number of nitrogen functional groups attached to an aromatic ring is 1. The van der Waals surface area contributed by atoms with Crippen LogP contribution >= 0.6 is 0 Å². The van der Waals surface area contributed by atoms with Crippen molar-refractivity contribution in [1.82, 2.24) is 10.2 Å². The molecule has 1 saturated heterocycles. The highest BCUT2D eigenvalue weighted by Gasteiger charge is 2.36. The summed E-state index contributed by atoms with van der Waals surface area (Å²) in [5.74, 6) is -0.429. The van der Waals surface area contributed by atoms with E-state index < -0.39 is 6.04 Å². The van der Waals surface area contributed by atoms with Gasteiger partial charge >= 0.3 is 0 Å². The molecule has 1 fully saturated rings. The summed E-state index contributed by atoms with van der Waals surface area (Å²) in [5, 5.41) is 2.53. The number of nitrogens with two attached hydrogens (primary N) is 1. The second-order valence-electron chi connectivity index (χ2n) is 4.79. The number of amides is 3. The zero-order valence-electron chi connectivity index (χ0n) is 11.7. The molecule has 1 aliphatic heterocycles. The van der Waals surface area contributed by atoms with Crippen LogP contribution in [0.3, 0.4) is 0 Å². The summed E-state index contributed by atoms with van der Waals surface area (Å²) < 4.78 is 5.39. The molecular formula is C14H17N3O4. The highest BCUT2D eigenvalue weighted by Crippen LogP contribution is 2.14. The number of likely N-dealkylation sites (N-methyl/N-ethyl adjacent to an activating group) is 1. The van der Waals surface area contributed by atoms with E-state index >= 15 is 0 Å². The topological polar surface area (TPSA) is 102 Å². The minimum Gasteiger partial charge on any atom is -0.493 e. The SMILES string of the molecule is CN1C(=O)CC(NC(=O)CCOc2cccc(N)c2)C1=O. The largest absolute Gasteiger partial charge is 0.493 e. The normalized spacial score (nSPS) is 18.0. The number of nitrogens with one attached hydrogen (secondary N) is 1. The first-order valence-corrected chi connectivity index (χ1v) is 6.55. The Kier molecular flexibility index (Phi) is 4.42. The van der Waals surface area contributed by atoms with E-state index in [0.29, 0.717) is 11.4 Å². The molecule has 3 N–H and O–H groups in total. The average Bonchev–Trinajstić information content (AvgIpc) is 2.66. The number of anilines is 1. The van der Waals surface area contributed by atoms with Gasteiger partial charge in [0.05, 0.1) is 19.4 Å². The number of rotatable bonds is 5. The first-order chi connectivity index (χ1) is 9.97. The Balaban J connectivity index is 1.76. The zero-order chi connectivity index (χ0) is 15.4. The fraction of sp³-hybridized carbons (Fsp3) is 0.357. The van der Waals surface area contributed by atoms with E-state index in [1.807, 2.05) is 0 Å². The quantitative estimate of drug-likeness (QED) is 0.583. The molecule has 0 aromatic heterocycles. The molecule has 21 heavy (non-hydrogen) atoms. The van der Waals surface area contributed by atoms with Crippen LogP contribution in [0.4, 0.5) is 5.69 Å². The third-order valence-electron chi connectivity index (χ3n) is 3.17. The minimum absolute atomic E-state index is 0.0111. The number of carbonyl (C=O) groups is 3. The number of hydrogen-bond donors (Lipinski definition) is 2. The Labute approximate surface area is 122 Å². The molecule has 1 heterocycles. The zero-order valence-corrected chi connectivity index (χ0v) is 11.7. The lowest BCUT2D eigenvalue weighted by molar-refractivity contribution is -0.138. The summed E-state index contributed by atoms with van der Waals surface area (Å²) in [6.45, 7) is 0.167. The van der Waals surface area contributed by atoms with Gasteiger partial charge < -0.3 is 15.8 Å². The maximum atomic E-state index is 11.7. The predicted octanol–water partition coefficient (Wildman–Crippen LogP) is -0.0888. The fourth-order valence-electron chi connectivity index (χ4n) is 2.00. The smallest absolute Gasteiger partial charge is 0.252 e. The van der Waals surface area contributed by atoms with E-state index in [9.17, 15) is 14.4 Å². The van der Waals surface area contributed by atoms with E-state index in [-0.39, 0.29) is 37.2 Å². The highest BCUT2D eigenvalue weighted by atomic mass is 16.5. The summed E-state index contributed by atoms with van der Waals surface area (Å²) >= 11 is 0. The van der Waals surface area contributed by atoms with Crippen LogP contribution in [-0.4, -0.2) is 42.3 Å². The van der Waals surface area contributed by atoms with Gasteiger partial charge in [0.25, 0.3) is 5.91 Å². The molecular weight excluding hydrogens is 274 g/mol. The third kappa shape index (κ3) is 3.71. The van der Waals surface area contributed by atoms with Gasteiger partial charge in [-0.15, -0.1) is 0 Å². The molecule has 0 bridgehead atoms. The average molecular weight is 291 g/mol. The van der Waals surface area contributed by atoms with Gasteiger partial charge in [-0.3, -0.25) is 19.3 Å². The van der Waals surface area contributed by atoms with E-state index in [1.165, 1.54) is 7.05 Å². The summed E-state index contributed by atoms with van der Waals surface area (Å²) in [7, 11) is 1.40. The van der Waals surface area contributed by atoms with Crippen molar-refractivity contribution in [3.05, 3.63) is 24.3 Å². The van der Waals surface area contributed by atoms with Crippen molar-refractivity contribution in [2.45, 2.75) is 18.9 Å². The maximum absolute atomic E-state index is 11.7. The number of benzene rings is 1. The second-order valence-corrected chi connectivity index (χ2v) is 4.79. The van der Waals surface area contributed by atoms with Gasteiger partial charge in [-0.25, -0.2) is 0 Å². The first kappa shape index (κ1) is 14.8. The van der Waals surface area contributed by atoms with E-state index in [1.54, 1.807) is 24.3 Å². The lowest BCUT2D eigenvalue weighted by Gasteiger charge is -2.11. The number of nitrogens with zero attached hydrogens (tertiary/aromatic N) is 1. The van der Waals surface area contributed by atoms with Crippen LogP contribution in [0.15, 0.2) is 24.3 Å². The van der Waals surface area contributed by atoms with Crippen molar-refractivity contribution >= 4 is 23.4 Å². The Hall–Kier alpha value is -2.57. The number of carbonyl (C=O) groups excluding carboxylic acids is 3. The maximum Gasteiger partial charge on any atom is 0.252 e. The number of imide groups is 1. The van der Waals surface area contributed by atoms with Crippen molar-refractivity contribution in [3.8, 4) is 5.75 Å². The Morgan fingerprint density at radius 3 is 2.86 bits per heavy atom. The molecule has 1 unspecified atom stereocenters.